The largest absolute Gasteiger partial charge is 0.274 e. The van der Waals surface area contributed by atoms with Gasteiger partial charge in [-0.2, -0.15) is 13.7 Å². The van der Waals surface area contributed by atoms with Gasteiger partial charge in [0, 0.05) is 39.4 Å². The van der Waals surface area contributed by atoms with Crippen molar-refractivity contribution in [3.05, 3.63) is 29.9 Å². The Hall–Kier alpha value is -1.27. The van der Waals surface area contributed by atoms with Crippen LogP contribution in [0.3, 0.4) is 0 Å². The third kappa shape index (κ3) is 3.06. The van der Waals surface area contributed by atoms with E-state index in [2.05, 4.69) is 5.10 Å². The van der Waals surface area contributed by atoms with Gasteiger partial charge >= 0.3 is 0 Å². The zero-order valence-corrected chi connectivity index (χ0v) is 14.8. The molecule has 0 radical (unpaired) electrons. The zero-order chi connectivity index (χ0) is 16.7. The van der Waals surface area contributed by atoms with Gasteiger partial charge in [-0.05, 0) is 11.4 Å². The number of aromatic nitrogens is 2. The molecule has 11 heteroatoms. The van der Waals surface area contributed by atoms with Crippen molar-refractivity contribution in [1.82, 2.24) is 18.4 Å². The Bertz CT molecular complexity index is 879. The molecule has 0 saturated carbocycles. The first-order valence-corrected chi connectivity index (χ1v) is 10.6. The number of aryl methyl sites for hydroxylation is 1. The Kier molecular flexibility index (Phi) is 4.31. The van der Waals surface area contributed by atoms with Crippen molar-refractivity contribution in [2.45, 2.75) is 9.10 Å². The summed E-state index contributed by atoms with van der Waals surface area (Å²) in [5, 5.41) is 5.58. The van der Waals surface area contributed by atoms with Gasteiger partial charge in [-0.15, -0.1) is 11.3 Å². The minimum Gasteiger partial charge on any atom is -0.274 e. The summed E-state index contributed by atoms with van der Waals surface area (Å²) in [6.07, 6.45) is 2.73. The minimum atomic E-state index is -3.63. The van der Waals surface area contributed by atoms with E-state index >= 15 is 0 Å². The Morgan fingerprint density at radius 3 is 2.13 bits per heavy atom. The van der Waals surface area contributed by atoms with E-state index in [9.17, 15) is 16.8 Å². The van der Waals surface area contributed by atoms with Crippen LogP contribution in [-0.2, 0) is 27.1 Å². The van der Waals surface area contributed by atoms with E-state index in [1.165, 1.54) is 25.7 Å². The van der Waals surface area contributed by atoms with Gasteiger partial charge in [0.25, 0.3) is 10.0 Å². The van der Waals surface area contributed by atoms with E-state index in [-0.39, 0.29) is 35.3 Å². The van der Waals surface area contributed by atoms with Crippen molar-refractivity contribution >= 4 is 31.4 Å². The van der Waals surface area contributed by atoms with Crippen molar-refractivity contribution in [1.29, 1.82) is 0 Å². The van der Waals surface area contributed by atoms with Crippen molar-refractivity contribution < 1.29 is 16.8 Å². The molecule has 0 atom stereocenters. The summed E-state index contributed by atoms with van der Waals surface area (Å²) in [5.74, 6) is 0. The van der Waals surface area contributed by atoms with Crippen LogP contribution in [-0.4, -0.2) is 61.4 Å². The van der Waals surface area contributed by atoms with Crippen LogP contribution in [0.25, 0.3) is 0 Å². The smallest absolute Gasteiger partial charge is 0.252 e. The molecule has 0 amide bonds. The van der Waals surface area contributed by atoms with Crippen LogP contribution >= 0.6 is 11.3 Å². The molecule has 0 spiro atoms. The van der Waals surface area contributed by atoms with Crippen molar-refractivity contribution in [2.24, 2.45) is 7.05 Å². The highest BCUT2D eigenvalue weighted by atomic mass is 32.2. The molecule has 0 aliphatic carbocycles. The fourth-order valence-corrected chi connectivity index (χ4v) is 6.34. The van der Waals surface area contributed by atoms with Crippen LogP contribution in [0.5, 0.6) is 0 Å². The number of hydrogen-bond donors (Lipinski definition) is 0. The van der Waals surface area contributed by atoms with Gasteiger partial charge in [0.15, 0.2) is 0 Å². The lowest BCUT2D eigenvalue weighted by atomic mass is 10.4. The number of rotatable bonds is 4. The topological polar surface area (TPSA) is 92.6 Å². The number of nitrogens with zero attached hydrogens (tertiary/aromatic N) is 4. The molecule has 3 heterocycles. The Morgan fingerprint density at radius 2 is 1.65 bits per heavy atom. The summed E-state index contributed by atoms with van der Waals surface area (Å²) in [5.41, 5.74) is 0. The molecule has 23 heavy (non-hydrogen) atoms. The molecule has 0 unspecified atom stereocenters. The molecule has 0 bridgehead atoms. The maximum absolute atomic E-state index is 12.5. The molecule has 2 aromatic heterocycles. The second-order valence-corrected chi connectivity index (χ2v) is 10.1. The predicted octanol–water partition coefficient (Wildman–Crippen LogP) is 0.177. The first-order chi connectivity index (χ1) is 10.8. The highest BCUT2D eigenvalue weighted by Gasteiger charge is 2.34. The van der Waals surface area contributed by atoms with Crippen molar-refractivity contribution in [3.63, 3.8) is 0 Å². The third-order valence-electron chi connectivity index (χ3n) is 3.61. The molecule has 0 N–H and O–H groups in total. The molecule has 1 aliphatic rings. The van der Waals surface area contributed by atoms with E-state index in [0.29, 0.717) is 0 Å². The van der Waals surface area contributed by atoms with Crippen LogP contribution in [0, 0.1) is 0 Å². The Morgan fingerprint density at radius 1 is 1.04 bits per heavy atom. The summed E-state index contributed by atoms with van der Waals surface area (Å²) < 4.78 is 54.2. The Labute approximate surface area is 139 Å². The summed E-state index contributed by atoms with van der Waals surface area (Å²) >= 11 is 1.16. The quantitative estimate of drug-likeness (QED) is 0.759. The average molecular weight is 376 g/mol. The van der Waals surface area contributed by atoms with Gasteiger partial charge in [0.1, 0.15) is 9.10 Å². The molecule has 1 saturated heterocycles. The van der Waals surface area contributed by atoms with E-state index in [4.69, 9.17) is 0 Å². The zero-order valence-electron chi connectivity index (χ0n) is 12.4. The number of piperazine rings is 1. The third-order valence-corrected chi connectivity index (χ3v) is 8.73. The maximum Gasteiger partial charge on any atom is 0.252 e. The van der Waals surface area contributed by atoms with E-state index in [1.807, 2.05) is 0 Å². The van der Waals surface area contributed by atoms with Crippen molar-refractivity contribution in [3.8, 4) is 0 Å². The lowest BCUT2D eigenvalue weighted by Gasteiger charge is -2.32. The second kappa shape index (κ2) is 5.98. The summed E-state index contributed by atoms with van der Waals surface area (Å²) in [6, 6.07) is 3.24. The van der Waals surface area contributed by atoms with Gasteiger partial charge in [0.05, 0.1) is 6.20 Å². The second-order valence-electron chi connectivity index (χ2n) is 5.09. The van der Waals surface area contributed by atoms with Crippen LogP contribution in [0.1, 0.15) is 0 Å². The molecule has 126 valence electrons. The van der Waals surface area contributed by atoms with Gasteiger partial charge in [-0.3, -0.25) is 4.68 Å². The van der Waals surface area contributed by atoms with Crippen LogP contribution in [0.2, 0.25) is 0 Å². The minimum absolute atomic E-state index is 0.120. The fourth-order valence-electron chi connectivity index (χ4n) is 2.37. The maximum atomic E-state index is 12.5. The standard InChI is InChI=1S/C12H16N4O4S3/c1-14-10-11(9-13-14)22(17,18)15-4-6-16(7-5-15)23(19,20)12-3-2-8-21-12/h2-3,8-10H,4-7H2,1H3. The molecule has 1 aliphatic heterocycles. The fraction of sp³-hybridized carbons (Fsp3) is 0.417. The van der Waals surface area contributed by atoms with Gasteiger partial charge in [-0.25, -0.2) is 16.8 Å². The number of hydrogen-bond acceptors (Lipinski definition) is 6. The first kappa shape index (κ1) is 16.6. The van der Waals surface area contributed by atoms with Gasteiger partial charge in [0.2, 0.25) is 10.0 Å². The normalized spacial score (nSPS) is 18.3. The van der Waals surface area contributed by atoms with Gasteiger partial charge < -0.3 is 0 Å². The summed E-state index contributed by atoms with van der Waals surface area (Å²) in [6.45, 7) is 0.531. The lowest BCUT2D eigenvalue weighted by Crippen LogP contribution is -2.50. The van der Waals surface area contributed by atoms with E-state index in [0.717, 1.165) is 11.3 Å². The molecule has 0 aromatic carbocycles. The average Bonchev–Trinajstić information content (AvgIpc) is 3.19. The predicted molar refractivity (Wildman–Crippen MR) is 85.0 cm³/mol. The first-order valence-electron chi connectivity index (χ1n) is 6.84. The molecule has 2 aromatic rings. The van der Waals surface area contributed by atoms with Crippen LogP contribution < -0.4 is 0 Å². The number of sulfonamides is 2. The molecule has 8 nitrogen and oxygen atoms in total. The van der Waals surface area contributed by atoms with E-state index in [1.54, 1.807) is 24.6 Å². The highest BCUT2D eigenvalue weighted by Crippen LogP contribution is 2.24. The summed E-state index contributed by atoms with van der Waals surface area (Å²) in [7, 11) is -5.52. The lowest BCUT2D eigenvalue weighted by molar-refractivity contribution is 0.273. The van der Waals surface area contributed by atoms with Crippen LogP contribution in [0.15, 0.2) is 39.0 Å². The van der Waals surface area contributed by atoms with Crippen molar-refractivity contribution in [2.75, 3.05) is 26.2 Å². The highest BCUT2D eigenvalue weighted by molar-refractivity contribution is 7.91. The Balaban J connectivity index is 1.74. The monoisotopic (exact) mass is 376 g/mol. The number of thiophene rings is 1. The molecule has 1 fully saturated rings. The molecular weight excluding hydrogens is 360 g/mol. The molecule has 3 rings (SSSR count). The molecular formula is C12H16N4O4S3. The van der Waals surface area contributed by atoms with Gasteiger partial charge in [-0.1, -0.05) is 6.07 Å². The van der Waals surface area contributed by atoms with E-state index < -0.39 is 20.0 Å². The van der Waals surface area contributed by atoms with Crippen LogP contribution in [0.4, 0.5) is 0 Å². The summed E-state index contributed by atoms with van der Waals surface area (Å²) in [4.78, 5) is 0.120. The SMILES string of the molecule is Cn1cc(S(=O)(=O)N2CCN(S(=O)(=O)c3cccs3)CC2)cn1.